The number of benzene rings is 2. The molecule has 0 spiro atoms. The van der Waals surface area contributed by atoms with Crippen LogP contribution in [-0.4, -0.2) is 92.1 Å². The predicted octanol–water partition coefficient (Wildman–Crippen LogP) is 6.06. The molecule has 274 valence electrons. The number of ketones is 6. The van der Waals surface area contributed by atoms with Crippen molar-refractivity contribution < 1.29 is 47.8 Å². The molecule has 2 saturated heterocycles. The third kappa shape index (κ3) is 6.36. The van der Waals surface area contributed by atoms with Gasteiger partial charge in [0.05, 0.1) is 12.1 Å². The van der Waals surface area contributed by atoms with Crippen LogP contribution in [0.4, 0.5) is 9.59 Å². The van der Waals surface area contributed by atoms with Crippen LogP contribution >= 0.6 is 0 Å². The second-order valence-corrected chi connectivity index (χ2v) is 16.3. The van der Waals surface area contributed by atoms with E-state index < -0.39 is 82.0 Å². The number of hydrogen-bond donors (Lipinski definition) is 0. The molecule has 0 bridgehead atoms. The molecule has 0 N–H and O–H groups in total. The highest BCUT2D eigenvalue weighted by Crippen LogP contribution is 2.39. The minimum atomic E-state index is -1.60. The molecule has 2 aromatic rings. The summed E-state index contributed by atoms with van der Waals surface area (Å²) in [6.45, 7) is 13.9. The second-order valence-electron chi connectivity index (χ2n) is 16.3. The first-order valence-corrected chi connectivity index (χ1v) is 17.8. The van der Waals surface area contributed by atoms with Gasteiger partial charge in [-0.1, -0.05) is 24.3 Å². The molecule has 2 amide bonds. The number of ether oxygens (including phenoxy) is 2. The summed E-state index contributed by atoms with van der Waals surface area (Å²) < 4.78 is 11.0. The van der Waals surface area contributed by atoms with E-state index in [9.17, 15) is 38.4 Å². The molecule has 0 radical (unpaired) electrons. The lowest BCUT2D eigenvalue weighted by molar-refractivity contribution is -0.125. The molecule has 6 rings (SSSR count). The van der Waals surface area contributed by atoms with Crippen molar-refractivity contribution in [3.8, 4) is 11.1 Å². The summed E-state index contributed by atoms with van der Waals surface area (Å²) >= 11 is 0. The van der Waals surface area contributed by atoms with Crippen LogP contribution in [0.15, 0.2) is 36.4 Å². The molecule has 12 nitrogen and oxygen atoms in total. The van der Waals surface area contributed by atoms with E-state index in [4.69, 9.17) is 9.47 Å². The molecular formula is C40H44N2O10. The van der Waals surface area contributed by atoms with Gasteiger partial charge in [-0.3, -0.25) is 38.6 Å². The minimum Gasteiger partial charge on any atom is -0.444 e. The Morgan fingerprint density at radius 1 is 0.538 bits per heavy atom. The highest BCUT2D eigenvalue weighted by Gasteiger charge is 2.52. The Bertz CT molecular complexity index is 1810. The summed E-state index contributed by atoms with van der Waals surface area (Å²) in [6.07, 6.45) is 0.246. The number of rotatable bonds is 5. The Morgan fingerprint density at radius 2 is 0.865 bits per heavy atom. The number of amides is 2. The van der Waals surface area contributed by atoms with Gasteiger partial charge in [-0.15, -0.1) is 0 Å². The van der Waals surface area contributed by atoms with Crippen molar-refractivity contribution in [2.75, 3.05) is 0 Å². The van der Waals surface area contributed by atoms with Gasteiger partial charge in [0, 0.05) is 34.3 Å². The summed E-state index contributed by atoms with van der Waals surface area (Å²) in [5, 5.41) is 0. The van der Waals surface area contributed by atoms with Crippen LogP contribution in [0.1, 0.15) is 123 Å². The maximum absolute atomic E-state index is 13.8. The van der Waals surface area contributed by atoms with Crippen molar-refractivity contribution in [2.24, 2.45) is 11.8 Å². The van der Waals surface area contributed by atoms with Gasteiger partial charge in [0.15, 0.2) is 34.7 Å². The largest absolute Gasteiger partial charge is 0.444 e. The highest BCUT2D eigenvalue weighted by molar-refractivity contribution is 6.37. The number of likely N-dealkylation sites (tertiary alicyclic amines) is 2. The van der Waals surface area contributed by atoms with Crippen LogP contribution in [0.25, 0.3) is 11.1 Å². The average molecular weight is 713 g/mol. The number of fused-ring (bicyclic) bond motifs is 2. The average Bonchev–Trinajstić information content (AvgIpc) is 3.76. The third-order valence-electron chi connectivity index (χ3n) is 10.3. The van der Waals surface area contributed by atoms with Crippen molar-refractivity contribution >= 4 is 46.9 Å². The van der Waals surface area contributed by atoms with E-state index >= 15 is 0 Å². The van der Waals surface area contributed by atoms with E-state index in [0.29, 0.717) is 36.8 Å². The van der Waals surface area contributed by atoms with Gasteiger partial charge in [0.1, 0.15) is 23.0 Å². The van der Waals surface area contributed by atoms with E-state index in [1.807, 2.05) is 0 Å². The van der Waals surface area contributed by atoms with Crippen LogP contribution in [-0.2, 0) is 19.1 Å². The lowest BCUT2D eigenvalue weighted by atomic mass is 9.92. The Kier molecular flexibility index (Phi) is 9.12. The molecule has 2 aliphatic carbocycles. The summed E-state index contributed by atoms with van der Waals surface area (Å²) in [4.78, 5) is 111. The Morgan fingerprint density at radius 3 is 1.19 bits per heavy atom. The van der Waals surface area contributed by atoms with Gasteiger partial charge in [-0.2, -0.15) is 0 Å². The van der Waals surface area contributed by atoms with E-state index in [1.54, 1.807) is 67.5 Å². The number of carbonyl (C=O) groups excluding carboxylic acids is 8. The molecule has 2 heterocycles. The molecule has 52 heavy (non-hydrogen) atoms. The Hall–Kier alpha value is -5.00. The van der Waals surface area contributed by atoms with Crippen LogP contribution in [0.2, 0.25) is 0 Å². The van der Waals surface area contributed by atoms with Gasteiger partial charge in [-0.25, -0.2) is 9.59 Å². The lowest BCUT2D eigenvalue weighted by Gasteiger charge is -2.31. The minimum absolute atomic E-state index is 0.0456. The number of hydrogen-bond acceptors (Lipinski definition) is 10. The fourth-order valence-electron chi connectivity index (χ4n) is 7.82. The fourth-order valence-corrected chi connectivity index (χ4v) is 7.82. The van der Waals surface area contributed by atoms with Crippen LogP contribution in [0.3, 0.4) is 0 Å². The maximum Gasteiger partial charge on any atom is 0.411 e. The van der Waals surface area contributed by atoms with Gasteiger partial charge < -0.3 is 9.47 Å². The zero-order chi connectivity index (χ0) is 38.2. The predicted molar refractivity (Wildman–Crippen MR) is 187 cm³/mol. The summed E-state index contributed by atoms with van der Waals surface area (Å²) in [5.41, 5.74) is -0.438. The van der Waals surface area contributed by atoms with Crippen LogP contribution in [0.5, 0.6) is 0 Å². The van der Waals surface area contributed by atoms with Gasteiger partial charge >= 0.3 is 12.2 Å². The molecule has 12 heteroatoms. The molecule has 0 aromatic heterocycles. The van der Waals surface area contributed by atoms with Gasteiger partial charge in [-0.05, 0) is 104 Å². The molecular weight excluding hydrogens is 668 g/mol. The maximum atomic E-state index is 13.8. The highest BCUT2D eigenvalue weighted by atomic mass is 16.6. The fraction of sp³-hybridized carbons (Fsp3) is 0.500. The zero-order valence-corrected chi connectivity index (χ0v) is 30.7. The second kappa shape index (κ2) is 12.9. The molecule has 6 atom stereocenters. The molecule has 2 fully saturated rings. The van der Waals surface area contributed by atoms with Gasteiger partial charge in [0.2, 0.25) is 0 Å². The van der Waals surface area contributed by atoms with E-state index in [2.05, 4.69) is 0 Å². The van der Waals surface area contributed by atoms with Gasteiger partial charge in [0.25, 0.3) is 0 Å². The summed E-state index contributed by atoms with van der Waals surface area (Å²) in [5.74, 6) is -7.13. The normalized spacial score (nSPS) is 25.8. The number of nitrogens with zero attached hydrogens (tertiary/aromatic N) is 2. The zero-order valence-electron chi connectivity index (χ0n) is 30.7. The first-order chi connectivity index (χ1) is 24.2. The molecule has 2 aliphatic heterocycles. The molecule has 2 unspecified atom stereocenters. The Balaban J connectivity index is 1.23. The van der Waals surface area contributed by atoms with Crippen LogP contribution < -0.4 is 0 Å². The number of carbonyl (C=O) groups is 8. The third-order valence-corrected chi connectivity index (χ3v) is 10.3. The summed E-state index contributed by atoms with van der Waals surface area (Å²) in [6, 6.07) is 6.44. The standard InChI is InChI=1S/C40H44N2O10/c1-19-9-15-27(41(19)37(49)51-39(3,4)5)35(47)29-31(43)23-13-11-21(17-25(23)33(29)45)22-12-14-24-26(18-22)34(46)30(32(24)44)36(48)28-16-10-20(2)42(28)38(50)52-40(6,7)8/h11-14,17-20,27-30H,9-10,15-16H2,1-8H3/t19-,20-,27+,28+,29?,30?/m1/s1. The van der Waals surface area contributed by atoms with Crippen molar-refractivity contribution in [2.45, 2.75) is 116 Å². The number of Topliss-reactive ketones (excluding diaryl/α,β-unsaturated/α-hetero) is 6. The van der Waals surface area contributed by atoms with Crippen molar-refractivity contribution in [3.63, 3.8) is 0 Å². The quantitative estimate of drug-likeness (QED) is 0.333. The molecule has 2 aromatic carbocycles. The summed E-state index contributed by atoms with van der Waals surface area (Å²) in [7, 11) is 0. The van der Waals surface area contributed by atoms with E-state index in [1.165, 1.54) is 34.1 Å². The van der Waals surface area contributed by atoms with Crippen molar-refractivity contribution in [3.05, 3.63) is 58.7 Å². The first-order valence-electron chi connectivity index (χ1n) is 17.8. The van der Waals surface area contributed by atoms with Crippen molar-refractivity contribution in [1.82, 2.24) is 9.80 Å². The smallest absolute Gasteiger partial charge is 0.411 e. The first kappa shape index (κ1) is 36.8. The SMILES string of the molecule is C[C@@H]1CC[C@@H](C(=O)C2C(=O)c3ccc(-c4ccc5c(c4)C(=O)C(C(=O)[C@@H]4CC[C@@H](C)N4C(=O)OC(C)(C)C)C5=O)cc3C2=O)N1C(=O)OC(C)(C)C. The molecule has 4 aliphatic rings. The van der Waals surface area contributed by atoms with E-state index in [0.717, 1.165) is 0 Å². The van der Waals surface area contributed by atoms with Crippen LogP contribution in [0, 0.1) is 11.8 Å². The topological polar surface area (TPSA) is 162 Å². The monoisotopic (exact) mass is 712 g/mol. The Labute approximate surface area is 302 Å². The van der Waals surface area contributed by atoms with Crippen molar-refractivity contribution in [1.29, 1.82) is 0 Å². The molecule has 0 saturated carbocycles. The van der Waals surface area contributed by atoms with E-state index in [-0.39, 0.29) is 34.3 Å². The lowest BCUT2D eigenvalue weighted by Crippen LogP contribution is -2.49.